The summed E-state index contributed by atoms with van der Waals surface area (Å²) in [7, 11) is 0. The molecule has 1 heteroatoms. The lowest BCUT2D eigenvalue weighted by molar-refractivity contribution is -0.982. The van der Waals surface area contributed by atoms with E-state index < -0.39 is 0 Å². The lowest BCUT2D eigenvalue weighted by Crippen LogP contribution is -2.68. The monoisotopic (exact) mass is 434 g/mol. The number of quaternary nitrogens is 1. The number of rotatable bonds is 10. The molecular formula is C30H60N+. The van der Waals surface area contributed by atoms with Crippen LogP contribution < -0.4 is 0 Å². The molecule has 2 heterocycles. The third-order valence-electron chi connectivity index (χ3n) is 9.58. The van der Waals surface area contributed by atoms with Gasteiger partial charge >= 0.3 is 0 Å². The summed E-state index contributed by atoms with van der Waals surface area (Å²) in [5.74, 6) is 0.948. The largest absolute Gasteiger partial charge is 0.319 e. The Morgan fingerprint density at radius 1 is 0.581 bits per heavy atom. The summed E-state index contributed by atoms with van der Waals surface area (Å²) < 4.78 is 1.53. The van der Waals surface area contributed by atoms with E-state index in [1.54, 1.807) is 0 Å². The van der Waals surface area contributed by atoms with Gasteiger partial charge in [0.05, 0.1) is 19.6 Å². The molecule has 0 aromatic rings. The lowest BCUT2D eigenvalue weighted by atomic mass is 9.70. The van der Waals surface area contributed by atoms with Crippen molar-refractivity contribution in [1.29, 1.82) is 0 Å². The standard InChI is InChI=1S/C30H60N/c1-4-7-8-9-14-19-24-29(5-2)30(6-3)25-20-15-10-11-16-21-26-31(30)27-22-17-12-13-18-23-28-31/h29H,4-28H2,1-3H3/q+1. The number of hydrogen-bond donors (Lipinski definition) is 0. The summed E-state index contributed by atoms with van der Waals surface area (Å²) in [6.45, 7) is 12.0. The van der Waals surface area contributed by atoms with E-state index >= 15 is 0 Å². The Morgan fingerprint density at radius 2 is 1.06 bits per heavy atom. The Balaban J connectivity index is 2.24. The SMILES string of the molecule is CCCCCCCCC(CC)C1(CC)CCCCCCCC[N+]12CCCCCCCC2. The van der Waals surface area contributed by atoms with Crippen LogP contribution in [-0.4, -0.2) is 29.7 Å². The normalized spacial score (nSPS) is 27.2. The maximum Gasteiger partial charge on any atom is 0.102 e. The van der Waals surface area contributed by atoms with Crippen LogP contribution >= 0.6 is 0 Å². The predicted molar refractivity (Wildman–Crippen MR) is 140 cm³/mol. The highest BCUT2D eigenvalue weighted by Gasteiger charge is 2.52. The van der Waals surface area contributed by atoms with Gasteiger partial charge in [-0.2, -0.15) is 0 Å². The van der Waals surface area contributed by atoms with Gasteiger partial charge in [-0.25, -0.2) is 0 Å². The van der Waals surface area contributed by atoms with Crippen LogP contribution in [0, 0.1) is 5.92 Å². The van der Waals surface area contributed by atoms with E-state index in [0.29, 0.717) is 5.54 Å². The summed E-state index contributed by atoms with van der Waals surface area (Å²) in [5.41, 5.74) is 0.569. The molecule has 0 bridgehead atoms. The van der Waals surface area contributed by atoms with Gasteiger partial charge in [0.25, 0.3) is 0 Å². The van der Waals surface area contributed by atoms with Gasteiger partial charge in [-0.15, -0.1) is 0 Å². The van der Waals surface area contributed by atoms with Crippen LogP contribution in [0.15, 0.2) is 0 Å². The summed E-state index contributed by atoms with van der Waals surface area (Å²) in [6, 6.07) is 0. The van der Waals surface area contributed by atoms with Crippen LogP contribution in [0.3, 0.4) is 0 Å². The first-order valence-electron chi connectivity index (χ1n) is 15.1. The van der Waals surface area contributed by atoms with Crippen LogP contribution in [-0.2, 0) is 0 Å². The molecule has 1 spiro atoms. The molecule has 2 atom stereocenters. The lowest BCUT2D eigenvalue weighted by Gasteiger charge is -2.58. The summed E-state index contributed by atoms with van der Waals surface area (Å²) in [4.78, 5) is 0. The van der Waals surface area contributed by atoms with E-state index in [-0.39, 0.29) is 0 Å². The van der Waals surface area contributed by atoms with E-state index in [1.165, 1.54) is 165 Å². The summed E-state index contributed by atoms with van der Waals surface area (Å²) in [5, 5.41) is 0. The highest BCUT2D eigenvalue weighted by Crippen LogP contribution is 2.46. The third kappa shape index (κ3) is 8.04. The molecule has 0 aromatic heterocycles. The van der Waals surface area contributed by atoms with Gasteiger partial charge in [0, 0.05) is 12.3 Å². The molecule has 31 heavy (non-hydrogen) atoms. The first-order chi connectivity index (χ1) is 15.2. The van der Waals surface area contributed by atoms with Gasteiger partial charge in [-0.05, 0) is 64.2 Å². The van der Waals surface area contributed by atoms with E-state index in [0.717, 1.165) is 5.92 Å². The Morgan fingerprint density at radius 3 is 1.58 bits per heavy atom. The molecule has 0 saturated carbocycles. The molecule has 2 aliphatic rings. The zero-order valence-corrected chi connectivity index (χ0v) is 22.2. The molecule has 2 saturated heterocycles. The molecule has 1 nitrogen and oxygen atoms in total. The molecule has 0 radical (unpaired) electrons. The minimum Gasteiger partial charge on any atom is -0.319 e. The summed E-state index contributed by atoms with van der Waals surface area (Å²) in [6.07, 6.45) is 32.6. The van der Waals surface area contributed by atoms with E-state index in [4.69, 9.17) is 0 Å². The van der Waals surface area contributed by atoms with Crippen LogP contribution in [0.5, 0.6) is 0 Å². The highest BCUT2D eigenvalue weighted by molar-refractivity contribution is 4.89. The maximum absolute atomic E-state index is 2.60. The summed E-state index contributed by atoms with van der Waals surface area (Å²) >= 11 is 0. The molecule has 2 fully saturated rings. The van der Waals surface area contributed by atoms with Crippen molar-refractivity contribution in [3.63, 3.8) is 0 Å². The van der Waals surface area contributed by atoms with Crippen molar-refractivity contribution in [3.05, 3.63) is 0 Å². The van der Waals surface area contributed by atoms with Gasteiger partial charge in [-0.3, -0.25) is 0 Å². The molecule has 2 aliphatic heterocycles. The molecule has 0 N–H and O–H groups in total. The number of nitrogens with zero attached hydrogens (tertiary/aromatic N) is 1. The fourth-order valence-electron chi connectivity index (χ4n) is 7.75. The van der Waals surface area contributed by atoms with Crippen LogP contribution in [0.4, 0.5) is 0 Å². The Bertz CT molecular complexity index is 420. The van der Waals surface area contributed by atoms with Crippen molar-refractivity contribution < 1.29 is 4.48 Å². The van der Waals surface area contributed by atoms with Crippen LogP contribution in [0.2, 0.25) is 0 Å². The van der Waals surface area contributed by atoms with Crippen molar-refractivity contribution >= 4 is 0 Å². The zero-order valence-electron chi connectivity index (χ0n) is 22.2. The van der Waals surface area contributed by atoms with Gasteiger partial charge in [0.1, 0.15) is 5.54 Å². The van der Waals surface area contributed by atoms with Crippen LogP contribution in [0.25, 0.3) is 0 Å². The van der Waals surface area contributed by atoms with E-state index in [2.05, 4.69) is 20.8 Å². The van der Waals surface area contributed by atoms with Crippen molar-refractivity contribution in [2.24, 2.45) is 5.92 Å². The fourth-order valence-corrected chi connectivity index (χ4v) is 7.75. The number of unbranched alkanes of at least 4 members (excludes halogenated alkanes) is 5. The quantitative estimate of drug-likeness (QED) is 0.237. The first kappa shape index (κ1) is 27.2. The molecular weight excluding hydrogens is 374 g/mol. The van der Waals surface area contributed by atoms with Crippen molar-refractivity contribution in [3.8, 4) is 0 Å². The van der Waals surface area contributed by atoms with E-state index in [1.807, 2.05) is 0 Å². The molecule has 0 amide bonds. The Kier molecular flexibility index (Phi) is 13.8. The molecule has 184 valence electrons. The predicted octanol–water partition coefficient (Wildman–Crippen LogP) is 9.83. The second-order valence-corrected chi connectivity index (χ2v) is 11.4. The average Bonchev–Trinajstić information content (AvgIpc) is 2.91. The molecule has 0 aromatic carbocycles. The van der Waals surface area contributed by atoms with Crippen LogP contribution in [0.1, 0.15) is 162 Å². The minimum absolute atomic E-state index is 0.569. The van der Waals surface area contributed by atoms with Crippen molar-refractivity contribution in [2.45, 2.75) is 168 Å². The minimum atomic E-state index is 0.569. The van der Waals surface area contributed by atoms with Gasteiger partial charge in [0.2, 0.25) is 0 Å². The fraction of sp³-hybridized carbons (Fsp3) is 1.00. The Labute approximate surface area is 197 Å². The average molecular weight is 435 g/mol. The third-order valence-corrected chi connectivity index (χ3v) is 9.58. The molecule has 2 unspecified atom stereocenters. The van der Waals surface area contributed by atoms with Gasteiger partial charge in [0.15, 0.2) is 0 Å². The van der Waals surface area contributed by atoms with Crippen molar-refractivity contribution in [2.75, 3.05) is 19.6 Å². The van der Waals surface area contributed by atoms with Gasteiger partial charge in [-0.1, -0.05) is 91.4 Å². The number of hydrogen-bond acceptors (Lipinski definition) is 0. The first-order valence-corrected chi connectivity index (χ1v) is 15.1. The highest BCUT2D eigenvalue weighted by atomic mass is 15.4. The van der Waals surface area contributed by atoms with E-state index in [9.17, 15) is 0 Å². The molecule has 2 rings (SSSR count). The Hall–Kier alpha value is -0.0400. The molecule has 0 aliphatic carbocycles. The second kappa shape index (κ2) is 15.7. The van der Waals surface area contributed by atoms with Crippen molar-refractivity contribution in [1.82, 2.24) is 0 Å². The smallest absolute Gasteiger partial charge is 0.102 e. The second-order valence-electron chi connectivity index (χ2n) is 11.4. The zero-order chi connectivity index (χ0) is 22.3. The maximum atomic E-state index is 2.60. The topological polar surface area (TPSA) is 0 Å². The van der Waals surface area contributed by atoms with Gasteiger partial charge < -0.3 is 4.48 Å².